The third-order valence-corrected chi connectivity index (χ3v) is 2.67. The SMILES string of the molecule is COc1c(Br)ccc(C)c1S. The van der Waals surface area contributed by atoms with E-state index in [4.69, 9.17) is 4.74 Å². The van der Waals surface area contributed by atoms with Gasteiger partial charge in [-0.25, -0.2) is 0 Å². The molecule has 0 amide bonds. The van der Waals surface area contributed by atoms with Crippen LogP contribution in [0.15, 0.2) is 21.5 Å². The molecule has 0 spiro atoms. The summed E-state index contributed by atoms with van der Waals surface area (Å²) in [6.45, 7) is 2.00. The molecule has 0 aliphatic rings. The van der Waals surface area contributed by atoms with Crippen LogP contribution in [0.4, 0.5) is 0 Å². The van der Waals surface area contributed by atoms with E-state index in [1.807, 2.05) is 19.1 Å². The molecule has 0 radical (unpaired) electrons. The van der Waals surface area contributed by atoms with Gasteiger partial charge in [0.2, 0.25) is 0 Å². The van der Waals surface area contributed by atoms with Crippen molar-refractivity contribution >= 4 is 28.6 Å². The molecule has 0 saturated heterocycles. The molecule has 0 N–H and O–H groups in total. The first kappa shape index (κ1) is 8.94. The summed E-state index contributed by atoms with van der Waals surface area (Å²) in [6, 6.07) is 3.95. The van der Waals surface area contributed by atoms with Crippen molar-refractivity contribution in [2.75, 3.05) is 7.11 Å². The minimum absolute atomic E-state index is 0.799. The molecule has 3 heteroatoms. The van der Waals surface area contributed by atoms with Gasteiger partial charge in [-0.3, -0.25) is 0 Å². The molecular formula is C8H9BrOS. The topological polar surface area (TPSA) is 9.23 Å². The predicted octanol–water partition coefficient (Wildman–Crippen LogP) is 3.05. The van der Waals surface area contributed by atoms with Crippen LogP contribution in [-0.4, -0.2) is 7.11 Å². The predicted molar refractivity (Wildman–Crippen MR) is 52.7 cm³/mol. The van der Waals surface area contributed by atoms with E-state index in [1.165, 1.54) is 0 Å². The summed E-state index contributed by atoms with van der Waals surface area (Å²) >= 11 is 7.67. The van der Waals surface area contributed by atoms with E-state index < -0.39 is 0 Å². The summed E-state index contributed by atoms with van der Waals surface area (Å²) in [5, 5.41) is 0. The fourth-order valence-electron chi connectivity index (χ4n) is 0.839. The summed E-state index contributed by atoms with van der Waals surface area (Å²) in [6.07, 6.45) is 0. The first-order valence-corrected chi connectivity index (χ1v) is 4.43. The van der Waals surface area contributed by atoms with Crippen LogP contribution < -0.4 is 4.74 Å². The Morgan fingerprint density at radius 2 is 2.09 bits per heavy atom. The van der Waals surface area contributed by atoms with Crippen LogP contribution >= 0.6 is 28.6 Å². The number of rotatable bonds is 1. The lowest BCUT2D eigenvalue weighted by molar-refractivity contribution is 0.401. The Hall–Kier alpha value is -0.150. The first-order valence-electron chi connectivity index (χ1n) is 3.19. The lowest BCUT2D eigenvalue weighted by Crippen LogP contribution is -1.88. The van der Waals surface area contributed by atoms with Crippen molar-refractivity contribution in [1.82, 2.24) is 0 Å². The Morgan fingerprint density at radius 3 is 2.55 bits per heavy atom. The molecule has 60 valence electrons. The summed E-state index contributed by atoms with van der Waals surface area (Å²) in [5.41, 5.74) is 1.12. The molecule has 1 aromatic rings. The van der Waals surface area contributed by atoms with Gasteiger partial charge in [0, 0.05) is 0 Å². The zero-order valence-electron chi connectivity index (χ0n) is 6.39. The van der Waals surface area contributed by atoms with Gasteiger partial charge >= 0.3 is 0 Å². The maximum atomic E-state index is 5.13. The number of hydrogen-bond donors (Lipinski definition) is 1. The van der Waals surface area contributed by atoms with E-state index in [0.29, 0.717) is 0 Å². The Morgan fingerprint density at radius 1 is 1.45 bits per heavy atom. The van der Waals surface area contributed by atoms with E-state index in [1.54, 1.807) is 7.11 Å². The number of benzene rings is 1. The van der Waals surface area contributed by atoms with Gasteiger partial charge in [-0.15, -0.1) is 12.6 Å². The van der Waals surface area contributed by atoms with Crippen molar-refractivity contribution in [3.05, 3.63) is 22.2 Å². The van der Waals surface area contributed by atoms with Crippen molar-refractivity contribution in [2.45, 2.75) is 11.8 Å². The van der Waals surface area contributed by atoms with Crippen LogP contribution in [0.2, 0.25) is 0 Å². The van der Waals surface area contributed by atoms with Gasteiger partial charge in [0.15, 0.2) is 0 Å². The van der Waals surface area contributed by atoms with Crippen LogP contribution in [0, 0.1) is 6.92 Å². The molecule has 1 rings (SSSR count). The zero-order chi connectivity index (χ0) is 8.43. The molecule has 0 aromatic heterocycles. The molecular weight excluding hydrogens is 224 g/mol. The smallest absolute Gasteiger partial charge is 0.146 e. The van der Waals surface area contributed by atoms with Gasteiger partial charge in [0.25, 0.3) is 0 Å². The van der Waals surface area contributed by atoms with E-state index >= 15 is 0 Å². The first-order chi connectivity index (χ1) is 5.16. The fourth-order valence-corrected chi connectivity index (χ4v) is 1.77. The Kier molecular flexibility index (Phi) is 2.84. The quantitative estimate of drug-likeness (QED) is 0.733. The summed E-state index contributed by atoms with van der Waals surface area (Å²) in [5.74, 6) is 0.799. The summed E-state index contributed by atoms with van der Waals surface area (Å²) in [4.78, 5) is 0.891. The highest BCUT2D eigenvalue weighted by Gasteiger charge is 2.05. The zero-order valence-corrected chi connectivity index (χ0v) is 8.87. The molecule has 1 aromatic carbocycles. The Bertz CT molecular complexity index is 273. The fraction of sp³-hybridized carbons (Fsp3) is 0.250. The largest absolute Gasteiger partial charge is 0.494 e. The highest BCUT2D eigenvalue weighted by Crippen LogP contribution is 2.33. The number of methoxy groups -OCH3 is 1. The van der Waals surface area contributed by atoms with Crippen LogP contribution in [-0.2, 0) is 0 Å². The van der Waals surface area contributed by atoms with Gasteiger partial charge in [-0.05, 0) is 34.5 Å². The third kappa shape index (κ3) is 1.71. The standard InChI is InChI=1S/C8H9BrOS/c1-5-3-4-6(9)7(10-2)8(5)11/h3-4,11H,1-2H3. The number of ether oxygens (including phenoxy) is 1. The van der Waals surface area contributed by atoms with Crippen molar-refractivity contribution in [3.8, 4) is 5.75 Å². The molecule has 11 heavy (non-hydrogen) atoms. The monoisotopic (exact) mass is 232 g/mol. The molecule has 0 aliphatic carbocycles. The summed E-state index contributed by atoms with van der Waals surface area (Å²) in [7, 11) is 1.64. The second-order valence-corrected chi connectivity index (χ2v) is 3.55. The third-order valence-electron chi connectivity index (χ3n) is 1.49. The van der Waals surface area contributed by atoms with Crippen LogP contribution in [0.3, 0.4) is 0 Å². The van der Waals surface area contributed by atoms with Crippen molar-refractivity contribution in [1.29, 1.82) is 0 Å². The lowest BCUT2D eigenvalue weighted by Gasteiger charge is -2.07. The molecule has 0 fully saturated rings. The highest BCUT2D eigenvalue weighted by molar-refractivity contribution is 9.10. The van der Waals surface area contributed by atoms with Crippen LogP contribution in [0.25, 0.3) is 0 Å². The van der Waals surface area contributed by atoms with Gasteiger partial charge in [-0.1, -0.05) is 6.07 Å². The molecule has 0 saturated carbocycles. The summed E-state index contributed by atoms with van der Waals surface area (Å²) < 4.78 is 6.07. The molecule has 0 aliphatic heterocycles. The van der Waals surface area contributed by atoms with Gasteiger partial charge < -0.3 is 4.74 Å². The lowest BCUT2D eigenvalue weighted by atomic mass is 10.2. The van der Waals surface area contributed by atoms with Gasteiger partial charge in [0.1, 0.15) is 5.75 Å². The molecule has 0 heterocycles. The molecule has 0 unspecified atom stereocenters. The van der Waals surface area contributed by atoms with Gasteiger partial charge in [0.05, 0.1) is 16.5 Å². The van der Waals surface area contributed by atoms with E-state index in [0.717, 1.165) is 20.7 Å². The maximum Gasteiger partial charge on any atom is 0.146 e. The second-order valence-electron chi connectivity index (χ2n) is 2.25. The normalized spacial score (nSPS) is 9.82. The van der Waals surface area contributed by atoms with Gasteiger partial charge in [-0.2, -0.15) is 0 Å². The highest BCUT2D eigenvalue weighted by atomic mass is 79.9. The molecule has 1 nitrogen and oxygen atoms in total. The van der Waals surface area contributed by atoms with Crippen LogP contribution in [0.1, 0.15) is 5.56 Å². The number of hydrogen-bond acceptors (Lipinski definition) is 2. The number of thiol groups is 1. The average molecular weight is 233 g/mol. The van der Waals surface area contributed by atoms with E-state index in [9.17, 15) is 0 Å². The Labute approximate surface area is 80.3 Å². The second kappa shape index (κ2) is 3.50. The maximum absolute atomic E-state index is 5.13. The Balaban J connectivity index is 3.29. The van der Waals surface area contributed by atoms with E-state index in [2.05, 4.69) is 28.6 Å². The minimum Gasteiger partial charge on any atom is -0.494 e. The molecule has 0 bridgehead atoms. The van der Waals surface area contributed by atoms with Crippen molar-refractivity contribution < 1.29 is 4.74 Å². The average Bonchev–Trinajstić information content (AvgIpc) is 1.99. The van der Waals surface area contributed by atoms with Crippen LogP contribution in [0.5, 0.6) is 5.75 Å². The molecule has 0 atom stereocenters. The number of aryl methyl sites for hydroxylation is 1. The van der Waals surface area contributed by atoms with Crippen molar-refractivity contribution in [3.63, 3.8) is 0 Å². The minimum atomic E-state index is 0.799. The van der Waals surface area contributed by atoms with Crippen molar-refractivity contribution in [2.24, 2.45) is 0 Å². The number of halogens is 1. The van der Waals surface area contributed by atoms with E-state index in [-0.39, 0.29) is 0 Å².